The van der Waals surface area contributed by atoms with Crippen LogP contribution in [0.15, 0.2) is 29.8 Å². The largest absolute Gasteiger partial charge is 0.366 e. The molecule has 0 spiro atoms. The predicted molar refractivity (Wildman–Crippen MR) is 72.7 cm³/mol. The zero-order valence-electron chi connectivity index (χ0n) is 11.8. The molecule has 0 N–H and O–H groups in total. The average Bonchev–Trinajstić information content (AvgIpc) is 2.38. The molecule has 3 heteroatoms. The van der Waals surface area contributed by atoms with Gasteiger partial charge in [-0.25, -0.2) is 0 Å². The van der Waals surface area contributed by atoms with Gasteiger partial charge in [0.1, 0.15) is 0 Å². The summed E-state index contributed by atoms with van der Waals surface area (Å²) in [6.45, 7) is 6.03. The summed E-state index contributed by atoms with van der Waals surface area (Å²) < 4.78 is 0. The Bertz CT molecular complexity index is 473. The van der Waals surface area contributed by atoms with E-state index in [0.717, 1.165) is 0 Å². The third kappa shape index (κ3) is 5.12. The van der Waals surface area contributed by atoms with E-state index in [1.807, 2.05) is 0 Å². The van der Waals surface area contributed by atoms with Gasteiger partial charge in [0, 0.05) is 32.7 Å². The van der Waals surface area contributed by atoms with Crippen LogP contribution in [0.4, 0.5) is 0 Å². The molecule has 0 heterocycles. The Morgan fingerprint density at radius 1 is 1.00 bits per heavy atom. The van der Waals surface area contributed by atoms with Crippen molar-refractivity contribution in [2.45, 2.75) is 40.0 Å². The second-order valence-corrected chi connectivity index (χ2v) is 4.31. The number of carbonyl (C=O) groups excluding carboxylic acids is 2. The van der Waals surface area contributed by atoms with Crippen molar-refractivity contribution in [2.24, 2.45) is 0 Å². The first kappa shape index (κ1) is 18.4. The van der Waals surface area contributed by atoms with Crippen LogP contribution < -0.4 is 0 Å². The van der Waals surface area contributed by atoms with E-state index in [0.29, 0.717) is 16.7 Å². The maximum atomic E-state index is 11.5. The molecular weight excluding hydrogens is 313 g/mol. The van der Waals surface area contributed by atoms with Crippen LogP contribution in [0.3, 0.4) is 0 Å². The van der Waals surface area contributed by atoms with Crippen LogP contribution in [0.2, 0.25) is 0 Å². The van der Waals surface area contributed by atoms with Gasteiger partial charge >= 0.3 is 0 Å². The summed E-state index contributed by atoms with van der Waals surface area (Å²) in [6.07, 6.45) is 6.59. The van der Waals surface area contributed by atoms with Crippen molar-refractivity contribution in [1.29, 1.82) is 0 Å². The summed E-state index contributed by atoms with van der Waals surface area (Å²) in [5.74, 6) is -0.303. The van der Waals surface area contributed by atoms with Gasteiger partial charge in [-0.1, -0.05) is 69.4 Å². The van der Waals surface area contributed by atoms with E-state index in [4.69, 9.17) is 0 Å². The van der Waals surface area contributed by atoms with Crippen molar-refractivity contribution in [3.05, 3.63) is 47.0 Å². The summed E-state index contributed by atoms with van der Waals surface area (Å²) in [4.78, 5) is 22.9. The minimum absolute atomic E-state index is 0. The summed E-state index contributed by atoms with van der Waals surface area (Å²) >= 11 is 0. The minimum atomic E-state index is -0.201. The van der Waals surface area contributed by atoms with Gasteiger partial charge < -0.3 is 9.59 Å². The quantitative estimate of drug-likeness (QED) is 0.767. The number of unbranched alkanes of at least 4 members (excludes halogenated alkanes) is 2. The van der Waals surface area contributed by atoms with Crippen molar-refractivity contribution in [3.63, 3.8) is 0 Å². The van der Waals surface area contributed by atoms with Crippen molar-refractivity contribution >= 4 is 11.6 Å². The third-order valence-electron chi connectivity index (χ3n) is 2.77. The summed E-state index contributed by atoms with van der Waals surface area (Å²) in [5.41, 5.74) is 1.34. The number of carbonyl (C=O) groups is 2. The molecule has 1 aliphatic rings. The second-order valence-electron chi connectivity index (χ2n) is 4.31. The summed E-state index contributed by atoms with van der Waals surface area (Å²) in [7, 11) is 0. The monoisotopic (exact) mass is 332 g/mol. The van der Waals surface area contributed by atoms with Gasteiger partial charge in [-0.2, -0.15) is 0 Å². The Labute approximate surface area is 140 Å². The first-order valence-corrected chi connectivity index (χ1v) is 6.40. The molecule has 2 nitrogen and oxygen atoms in total. The number of Topliss-reactive ketones (excluding diaryl/α,β-unsaturated/α-hetero) is 2. The fourth-order valence-corrected chi connectivity index (χ4v) is 1.73. The predicted octanol–water partition coefficient (Wildman–Crippen LogP) is 4.01. The van der Waals surface area contributed by atoms with Crippen molar-refractivity contribution < 1.29 is 42.3 Å². The maximum Gasteiger partial charge on any atom is 0.0754 e. The third-order valence-corrected chi connectivity index (χ3v) is 2.77. The number of rotatable bonds is 2. The fourth-order valence-electron chi connectivity index (χ4n) is 1.73. The number of ketones is 2. The Morgan fingerprint density at radius 2 is 1.53 bits per heavy atom. The van der Waals surface area contributed by atoms with E-state index in [2.05, 4.69) is 19.9 Å². The van der Waals surface area contributed by atoms with E-state index < -0.39 is 0 Å². The van der Waals surface area contributed by atoms with Crippen LogP contribution in [0, 0.1) is 6.08 Å². The molecule has 1 radical (unpaired) electrons. The molecule has 2 rings (SSSR count). The van der Waals surface area contributed by atoms with Crippen molar-refractivity contribution in [1.82, 2.24) is 0 Å². The number of benzene rings is 1. The molecule has 0 aliphatic heterocycles. The van der Waals surface area contributed by atoms with E-state index >= 15 is 0 Å². The Morgan fingerprint density at radius 3 is 2.00 bits per heavy atom. The maximum absolute atomic E-state index is 11.5. The Balaban J connectivity index is 0.000000471. The number of fused-ring (bicyclic) bond motifs is 1. The van der Waals surface area contributed by atoms with E-state index in [-0.39, 0.29) is 44.3 Å². The number of hydrogen-bond acceptors (Lipinski definition) is 2. The first-order valence-electron chi connectivity index (χ1n) is 6.40. The number of allylic oxidation sites excluding steroid dienone is 2. The normalized spacial score (nSPS) is 12.7. The fraction of sp³-hybridized carbons (Fsp3) is 0.375. The zero-order valence-corrected chi connectivity index (χ0v) is 14.7. The van der Waals surface area contributed by atoms with Gasteiger partial charge in [-0.15, -0.1) is 17.7 Å². The van der Waals surface area contributed by atoms with Gasteiger partial charge in [0.05, 0.1) is 11.6 Å². The molecule has 0 unspecified atom stereocenters. The smallest absolute Gasteiger partial charge is 0.0754 e. The van der Waals surface area contributed by atoms with Gasteiger partial charge in [0.25, 0.3) is 0 Å². The van der Waals surface area contributed by atoms with Gasteiger partial charge in [-0.3, -0.25) is 0 Å². The summed E-state index contributed by atoms with van der Waals surface area (Å²) in [5, 5.41) is 0. The molecule has 1 aliphatic carbocycles. The molecule has 0 saturated carbocycles. The average molecular weight is 332 g/mol. The van der Waals surface area contributed by atoms with Crippen LogP contribution in [0.5, 0.6) is 0 Å². The standard InChI is InChI=1S/C11H7O2.C5H12.Y/c1-7-6-10(12)8-4-2-3-5-9(8)11(7)13;1-3-5-4-2;/h2-5H,1H3;3-5H2,1-2H3;/q-1;;. The van der Waals surface area contributed by atoms with E-state index in [9.17, 15) is 9.59 Å². The van der Waals surface area contributed by atoms with Gasteiger partial charge in [0.15, 0.2) is 0 Å². The molecule has 99 valence electrons. The number of hydrogen-bond donors (Lipinski definition) is 0. The molecular formula is C16H19O2Y-. The van der Waals surface area contributed by atoms with Crippen LogP contribution in [0.1, 0.15) is 60.7 Å². The van der Waals surface area contributed by atoms with E-state index in [1.54, 1.807) is 31.2 Å². The molecule has 0 aromatic heterocycles. The molecule has 19 heavy (non-hydrogen) atoms. The molecule has 0 amide bonds. The molecule has 0 atom stereocenters. The van der Waals surface area contributed by atoms with Crippen LogP contribution in [-0.2, 0) is 32.7 Å². The van der Waals surface area contributed by atoms with Crippen LogP contribution in [-0.4, -0.2) is 11.6 Å². The van der Waals surface area contributed by atoms with Crippen LogP contribution >= 0.6 is 0 Å². The zero-order chi connectivity index (χ0) is 13.5. The minimum Gasteiger partial charge on any atom is -0.366 e. The molecule has 0 saturated heterocycles. The van der Waals surface area contributed by atoms with E-state index in [1.165, 1.54) is 19.3 Å². The molecule has 0 bridgehead atoms. The topological polar surface area (TPSA) is 34.1 Å². The second kappa shape index (κ2) is 9.33. The summed E-state index contributed by atoms with van der Waals surface area (Å²) in [6, 6.07) is 6.81. The van der Waals surface area contributed by atoms with Crippen LogP contribution in [0.25, 0.3) is 0 Å². The Kier molecular flexibility index (Phi) is 9.04. The molecule has 0 fully saturated rings. The van der Waals surface area contributed by atoms with Crippen molar-refractivity contribution in [3.8, 4) is 0 Å². The first-order chi connectivity index (χ1) is 8.61. The van der Waals surface area contributed by atoms with Gasteiger partial charge in [0.2, 0.25) is 0 Å². The molecule has 1 aromatic carbocycles. The molecule has 1 aromatic rings. The van der Waals surface area contributed by atoms with Gasteiger partial charge in [-0.05, 0) is 0 Å². The SMILES string of the molecule is CC1=[C-]C(=O)c2ccccc2C1=O.CCCCC.[Y]. The Hall–Kier alpha value is -0.596. The van der Waals surface area contributed by atoms with Crippen molar-refractivity contribution in [2.75, 3.05) is 0 Å².